The predicted molar refractivity (Wildman–Crippen MR) is 145 cm³/mol. The molecule has 1 saturated heterocycles. The molecular weight excluding hydrogens is 500 g/mol. The van der Waals surface area contributed by atoms with E-state index in [2.05, 4.69) is 10.6 Å². The SMILES string of the molecule is COc1cccc(C(=O)N2CCN(C(=O)Nc3ccc(C)cc3)C2C(=O)NC(CC(=O)O)C2CCCCC2)c1. The summed E-state index contributed by atoms with van der Waals surface area (Å²) in [6, 6.07) is 12.8. The first kappa shape index (κ1) is 27.9. The Bertz CT molecular complexity index is 1190. The number of aliphatic carboxylic acids is 1. The van der Waals surface area contributed by atoms with Gasteiger partial charge < -0.3 is 25.4 Å². The summed E-state index contributed by atoms with van der Waals surface area (Å²) in [4.78, 5) is 55.1. The number of aryl methyl sites for hydroxylation is 1. The fourth-order valence-corrected chi connectivity index (χ4v) is 5.41. The molecule has 2 aromatic carbocycles. The number of carboxylic acid groups (broad SMARTS) is 1. The number of hydrogen-bond acceptors (Lipinski definition) is 5. The molecule has 2 unspecified atom stereocenters. The van der Waals surface area contributed by atoms with E-state index in [-0.39, 0.29) is 25.4 Å². The zero-order chi connectivity index (χ0) is 27.9. The highest BCUT2D eigenvalue weighted by Crippen LogP contribution is 2.29. The normalized spacial score (nSPS) is 18.4. The van der Waals surface area contributed by atoms with E-state index in [4.69, 9.17) is 4.74 Å². The second kappa shape index (κ2) is 12.6. The Balaban J connectivity index is 1.61. The summed E-state index contributed by atoms with van der Waals surface area (Å²) in [5.41, 5.74) is 1.92. The first-order chi connectivity index (χ1) is 18.8. The van der Waals surface area contributed by atoms with Crippen LogP contribution in [-0.2, 0) is 9.59 Å². The summed E-state index contributed by atoms with van der Waals surface area (Å²) >= 11 is 0. The molecule has 1 heterocycles. The van der Waals surface area contributed by atoms with Crippen LogP contribution in [0, 0.1) is 12.8 Å². The fourth-order valence-electron chi connectivity index (χ4n) is 5.41. The molecule has 0 spiro atoms. The molecule has 39 heavy (non-hydrogen) atoms. The van der Waals surface area contributed by atoms with Gasteiger partial charge in [-0.25, -0.2) is 4.79 Å². The molecule has 10 heteroatoms. The van der Waals surface area contributed by atoms with Gasteiger partial charge in [0.05, 0.1) is 13.5 Å². The van der Waals surface area contributed by atoms with Gasteiger partial charge in [-0.3, -0.25) is 19.3 Å². The molecule has 1 aliphatic carbocycles. The molecular formula is C29H36N4O6. The Hall–Kier alpha value is -4.08. The van der Waals surface area contributed by atoms with Crippen molar-refractivity contribution in [2.45, 2.75) is 57.7 Å². The van der Waals surface area contributed by atoms with Crippen molar-refractivity contribution in [3.05, 3.63) is 59.7 Å². The van der Waals surface area contributed by atoms with E-state index in [1.54, 1.807) is 36.4 Å². The maximum absolute atomic E-state index is 13.8. The largest absolute Gasteiger partial charge is 0.497 e. The van der Waals surface area contributed by atoms with Crippen LogP contribution in [0.5, 0.6) is 5.75 Å². The minimum Gasteiger partial charge on any atom is -0.497 e. The van der Waals surface area contributed by atoms with Gasteiger partial charge >= 0.3 is 12.0 Å². The van der Waals surface area contributed by atoms with E-state index in [1.165, 1.54) is 16.9 Å². The Morgan fingerprint density at radius 3 is 2.36 bits per heavy atom. The van der Waals surface area contributed by atoms with E-state index in [1.807, 2.05) is 19.1 Å². The third-order valence-electron chi connectivity index (χ3n) is 7.49. The lowest BCUT2D eigenvalue weighted by molar-refractivity contribution is -0.138. The third kappa shape index (κ3) is 6.87. The molecule has 4 rings (SSSR count). The summed E-state index contributed by atoms with van der Waals surface area (Å²) < 4.78 is 5.25. The van der Waals surface area contributed by atoms with E-state index >= 15 is 0 Å². The number of carbonyl (C=O) groups is 4. The molecule has 0 radical (unpaired) electrons. The van der Waals surface area contributed by atoms with E-state index in [0.717, 1.165) is 37.7 Å². The Morgan fingerprint density at radius 1 is 1.00 bits per heavy atom. The monoisotopic (exact) mass is 536 g/mol. The van der Waals surface area contributed by atoms with E-state index < -0.39 is 36.0 Å². The average Bonchev–Trinajstić information content (AvgIpc) is 3.39. The van der Waals surface area contributed by atoms with Crippen LogP contribution in [0.4, 0.5) is 10.5 Å². The number of rotatable bonds is 8. The zero-order valence-electron chi connectivity index (χ0n) is 22.4. The number of nitrogens with one attached hydrogen (secondary N) is 2. The van der Waals surface area contributed by atoms with Gasteiger partial charge in [0.1, 0.15) is 5.75 Å². The van der Waals surface area contributed by atoms with Crippen molar-refractivity contribution in [3.8, 4) is 5.75 Å². The van der Waals surface area contributed by atoms with E-state index in [9.17, 15) is 24.3 Å². The minimum atomic E-state index is -1.24. The summed E-state index contributed by atoms with van der Waals surface area (Å²) in [6.45, 7) is 2.22. The second-order valence-electron chi connectivity index (χ2n) is 10.2. The molecule has 0 aromatic heterocycles. The van der Waals surface area contributed by atoms with Crippen LogP contribution in [0.2, 0.25) is 0 Å². The maximum Gasteiger partial charge on any atom is 0.323 e. The number of carboxylic acids is 1. The molecule has 1 aliphatic heterocycles. The number of methoxy groups -OCH3 is 1. The minimum absolute atomic E-state index is 0.0255. The van der Waals surface area contributed by atoms with Crippen LogP contribution < -0.4 is 15.4 Å². The van der Waals surface area contributed by atoms with Crippen molar-refractivity contribution in [2.24, 2.45) is 5.92 Å². The molecule has 3 N–H and O–H groups in total. The van der Waals surface area contributed by atoms with Crippen LogP contribution in [0.25, 0.3) is 0 Å². The molecule has 10 nitrogen and oxygen atoms in total. The molecule has 2 atom stereocenters. The molecule has 2 fully saturated rings. The van der Waals surface area contributed by atoms with Gasteiger partial charge in [0.15, 0.2) is 6.17 Å². The lowest BCUT2D eigenvalue weighted by Gasteiger charge is -2.34. The highest BCUT2D eigenvalue weighted by atomic mass is 16.5. The summed E-state index contributed by atoms with van der Waals surface area (Å²) in [5.74, 6) is -1.48. The summed E-state index contributed by atoms with van der Waals surface area (Å²) in [5, 5.41) is 15.3. The highest BCUT2D eigenvalue weighted by Gasteiger charge is 2.44. The Kier molecular flexibility index (Phi) is 9.06. The van der Waals surface area contributed by atoms with Crippen molar-refractivity contribution in [1.29, 1.82) is 0 Å². The van der Waals surface area contributed by atoms with Gasteiger partial charge in [0, 0.05) is 30.4 Å². The van der Waals surface area contributed by atoms with Gasteiger partial charge in [0.2, 0.25) is 0 Å². The predicted octanol–water partition coefficient (Wildman–Crippen LogP) is 3.86. The summed E-state index contributed by atoms with van der Waals surface area (Å²) in [6.07, 6.45) is 3.23. The van der Waals surface area contributed by atoms with Crippen molar-refractivity contribution in [2.75, 3.05) is 25.5 Å². The molecule has 2 aromatic rings. The van der Waals surface area contributed by atoms with Crippen LogP contribution in [0.15, 0.2) is 48.5 Å². The Morgan fingerprint density at radius 2 is 1.69 bits per heavy atom. The van der Waals surface area contributed by atoms with Gasteiger partial charge in [-0.2, -0.15) is 0 Å². The summed E-state index contributed by atoms with van der Waals surface area (Å²) in [7, 11) is 1.50. The van der Waals surface area contributed by atoms with Crippen molar-refractivity contribution in [1.82, 2.24) is 15.1 Å². The van der Waals surface area contributed by atoms with Gasteiger partial charge in [-0.05, 0) is 56.0 Å². The number of amides is 4. The van der Waals surface area contributed by atoms with Crippen molar-refractivity contribution < 1.29 is 29.0 Å². The van der Waals surface area contributed by atoms with Crippen LogP contribution in [0.1, 0.15) is 54.4 Å². The lowest BCUT2D eigenvalue weighted by atomic mass is 9.82. The number of ether oxygens (including phenoxy) is 1. The number of carbonyl (C=O) groups excluding carboxylic acids is 3. The smallest absolute Gasteiger partial charge is 0.323 e. The Labute approximate surface area is 228 Å². The molecule has 4 amide bonds. The topological polar surface area (TPSA) is 128 Å². The van der Waals surface area contributed by atoms with Gasteiger partial charge in [-0.15, -0.1) is 0 Å². The number of urea groups is 1. The standard InChI is InChI=1S/C29H36N4O6/c1-19-11-13-22(14-12-19)30-29(38)33-16-15-32(28(37)21-9-6-10-23(17-21)39-2)27(33)26(36)31-24(18-25(34)35)20-7-4-3-5-8-20/h6,9-14,17,20,24,27H,3-5,7-8,15-16,18H2,1-2H3,(H,30,38)(H,31,36)(H,34,35). The third-order valence-corrected chi connectivity index (χ3v) is 7.49. The van der Waals surface area contributed by atoms with Gasteiger partial charge in [0.25, 0.3) is 11.8 Å². The van der Waals surface area contributed by atoms with Crippen molar-refractivity contribution >= 4 is 29.5 Å². The first-order valence-electron chi connectivity index (χ1n) is 13.4. The van der Waals surface area contributed by atoms with Crippen LogP contribution in [-0.4, -0.2) is 71.1 Å². The van der Waals surface area contributed by atoms with Crippen LogP contribution in [0.3, 0.4) is 0 Å². The maximum atomic E-state index is 13.8. The number of hydrogen-bond donors (Lipinski definition) is 3. The lowest BCUT2D eigenvalue weighted by Crippen LogP contribution is -2.57. The molecule has 2 aliphatic rings. The quantitative estimate of drug-likeness (QED) is 0.470. The zero-order valence-corrected chi connectivity index (χ0v) is 22.4. The molecule has 0 bridgehead atoms. The second-order valence-corrected chi connectivity index (χ2v) is 10.2. The van der Waals surface area contributed by atoms with Gasteiger partial charge in [-0.1, -0.05) is 43.0 Å². The highest BCUT2D eigenvalue weighted by molar-refractivity contribution is 6.01. The van der Waals surface area contributed by atoms with E-state index in [0.29, 0.717) is 17.0 Å². The fraction of sp³-hybridized carbons (Fsp3) is 0.448. The number of benzene rings is 2. The van der Waals surface area contributed by atoms with Crippen molar-refractivity contribution in [3.63, 3.8) is 0 Å². The average molecular weight is 537 g/mol. The number of nitrogens with zero attached hydrogens (tertiary/aromatic N) is 2. The van der Waals surface area contributed by atoms with Crippen LogP contribution >= 0.6 is 0 Å². The first-order valence-corrected chi connectivity index (χ1v) is 13.4. The molecule has 1 saturated carbocycles. The number of anilines is 1. The molecule has 208 valence electrons.